The molecule has 0 radical (unpaired) electrons. The highest BCUT2D eigenvalue weighted by atomic mass is 16.8. The van der Waals surface area contributed by atoms with Gasteiger partial charge in [-0.25, -0.2) is 4.79 Å². The van der Waals surface area contributed by atoms with E-state index in [1.165, 1.54) is 19.3 Å². The minimum atomic E-state index is -1.62. The fraction of sp³-hybridized carbons (Fsp3) is 0.769. The number of carboxylic acid groups (broad SMARTS) is 1. The van der Waals surface area contributed by atoms with Crippen LogP contribution in [0.25, 0.3) is 0 Å². The number of carbonyl (C=O) groups excluding carboxylic acids is 2. The van der Waals surface area contributed by atoms with Crippen molar-refractivity contribution in [3.63, 3.8) is 0 Å². The molecule has 1 unspecified atom stereocenters. The molecule has 2 amide bonds. The van der Waals surface area contributed by atoms with E-state index < -0.39 is 23.9 Å². The molecule has 1 heterocycles. The van der Waals surface area contributed by atoms with Gasteiger partial charge in [0.25, 0.3) is 11.8 Å². The van der Waals surface area contributed by atoms with Crippen LogP contribution in [0.3, 0.4) is 0 Å². The van der Waals surface area contributed by atoms with E-state index in [1.54, 1.807) is 0 Å². The molecule has 2 rings (SSSR count). The van der Waals surface area contributed by atoms with Crippen molar-refractivity contribution < 1.29 is 24.3 Å². The summed E-state index contributed by atoms with van der Waals surface area (Å²) in [7, 11) is 0. The lowest BCUT2D eigenvalue weighted by molar-refractivity contribution is -0.177. The van der Waals surface area contributed by atoms with Crippen LogP contribution in [0.4, 0.5) is 4.79 Å². The molecule has 1 saturated heterocycles. The van der Waals surface area contributed by atoms with Gasteiger partial charge in [0.1, 0.15) is 0 Å². The van der Waals surface area contributed by atoms with E-state index in [9.17, 15) is 14.4 Å². The summed E-state index contributed by atoms with van der Waals surface area (Å²) in [4.78, 5) is 38.4. The van der Waals surface area contributed by atoms with Gasteiger partial charge in [0.15, 0.2) is 0 Å². The maximum absolute atomic E-state index is 12.1. The van der Waals surface area contributed by atoms with Gasteiger partial charge in [-0.15, -0.1) is 0 Å². The van der Waals surface area contributed by atoms with E-state index in [2.05, 4.69) is 4.84 Å². The van der Waals surface area contributed by atoms with Crippen LogP contribution in [-0.4, -0.2) is 28.1 Å². The van der Waals surface area contributed by atoms with Crippen molar-refractivity contribution in [2.45, 2.75) is 51.4 Å². The van der Waals surface area contributed by atoms with E-state index in [1.807, 2.05) is 0 Å². The van der Waals surface area contributed by atoms with Gasteiger partial charge >= 0.3 is 6.16 Å². The Kier molecular flexibility index (Phi) is 4.39. The zero-order valence-electron chi connectivity index (χ0n) is 10.8. The summed E-state index contributed by atoms with van der Waals surface area (Å²) in [6.45, 7) is 0. The fourth-order valence-electron chi connectivity index (χ4n) is 3.06. The highest BCUT2D eigenvalue weighted by molar-refractivity contribution is 6.03. The maximum Gasteiger partial charge on any atom is 0.531 e. The highest BCUT2D eigenvalue weighted by Gasteiger charge is 2.45. The highest BCUT2D eigenvalue weighted by Crippen LogP contribution is 2.35. The number of nitrogens with zero attached hydrogens (tertiary/aromatic N) is 1. The predicted octanol–water partition coefficient (Wildman–Crippen LogP) is 2.33. The minimum Gasteiger partial charge on any atom is -0.448 e. The molecule has 6 heteroatoms. The zero-order valence-corrected chi connectivity index (χ0v) is 10.8. The van der Waals surface area contributed by atoms with E-state index >= 15 is 0 Å². The summed E-state index contributed by atoms with van der Waals surface area (Å²) in [6.07, 6.45) is 6.04. The minimum absolute atomic E-state index is 0.0801. The molecule has 1 saturated carbocycles. The third-order valence-electron chi connectivity index (χ3n) is 4.03. The molecule has 2 aliphatic rings. The monoisotopic (exact) mass is 269 g/mol. The summed E-state index contributed by atoms with van der Waals surface area (Å²) in [5, 5.41) is 8.94. The van der Waals surface area contributed by atoms with Crippen LogP contribution < -0.4 is 0 Å². The van der Waals surface area contributed by atoms with Crippen LogP contribution in [-0.2, 0) is 14.4 Å². The van der Waals surface area contributed by atoms with Crippen LogP contribution >= 0.6 is 0 Å². The first-order valence-corrected chi connectivity index (χ1v) is 6.87. The quantitative estimate of drug-likeness (QED) is 0.778. The van der Waals surface area contributed by atoms with Gasteiger partial charge in [-0.1, -0.05) is 37.2 Å². The number of amides is 2. The Morgan fingerprint density at radius 1 is 1.11 bits per heavy atom. The molecule has 0 spiro atoms. The summed E-state index contributed by atoms with van der Waals surface area (Å²) in [5.41, 5.74) is 0. The third kappa shape index (κ3) is 3.24. The van der Waals surface area contributed by atoms with E-state index in [-0.39, 0.29) is 12.3 Å². The Morgan fingerprint density at radius 3 is 2.26 bits per heavy atom. The van der Waals surface area contributed by atoms with Crippen molar-refractivity contribution in [3.8, 4) is 0 Å². The normalized spacial score (nSPS) is 26.1. The summed E-state index contributed by atoms with van der Waals surface area (Å²) < 4.78 is 0. The third-order valence-corrected chi connectivity index (χ3v) is 4.03. The van der Waals surface area contributed by atoms with Crippen molar-refractivity contribution in [1.82, 2.24) is 5.06 Å². The first-order chi connectivity index (χ1) is 9.09. The lowest BCUT2D eigenvalue weighted by Crippen LogP contribution is -2.34. The number of imide groups is 1. The van der Waals surface area contributed by atoms with Crippen LogP contribution in [0.15, 0.2) is 0 Å². The molecule has 0 aromatic heterocycles. The van der Waals surface area contributed by atoms with E-state index in [4.69, 9.17) is 5.11 Å². The number of hydroxylamine groups is 2. The first kappa shape index (κ1) is 13.8. The second kappa shape index (κ2) is 6.04. The molecular weight excluding hydrogens is 250 g/mol. The van der Waals surface area contributed by atoms with Gasteiger partial charge in [-0.05, 0) is 18.8 Å². The van der Waals surface area contributed by atoms with E-state index in [0.29, 0.717) is 5.06 Å². The lowest BCUT2D eigenvalue weighted by atomic mass is 9.81. The average Bonchev–Trinajstić information content (AvgIpc) is 2.56. The maximum atomic E-state index is 12.1. The second-order valence-electron chi connectivity index (χ2n) is 5.30. The lowest BCUT2D eigenvalue weighted by Gasteiger charge is -2.23. The van der Waals surface area contributed by atoms with Crippen molar-refractivity contribution >= 4 is 18.0 Å². The van der Waals surface area contributed by atoms with Gasteiger partial charge in [-0.3, -0.25) is 14.4 Å². The molecule has 106 valence electrons. The van der Waals surface area contributed by atoms with Crippen molar-refractivity contribution in [3.05, 3.63) is 0 Å². The van der Waals surface area contributed by atoms with Crippen LogP contribution in [0, 0.1) is 11.8 Å². The Balaban J connectivity index is 2.02. The summed E-state index contributed by atoms with van der Waals surface area (Å²) in [6, 6.07) is 0. The topological polar surface area (TPSA) is 83.9 Å². The van der Waals surface area contributed by atoms with E-state index in [0.717, 1.165) is 25.7 Å². The Bertz CT molecular complexity index is 373. The number of rotatable bonds is 2. The van der Waals surface area contributed by atoms with Crippen molar-refractivity contribution in [1.29, 1.82) is 0 Å². The van der Waals surface area contributed by atoms with Crippen molar-refractivity contribution in [2.75, 3.05) is 0 Å². The molecule has 1 N–H and O–H groups in total. The smallest absolute Gasteiger partial charge is 0.448 e. The number of hydrogen-bond acceptors (Lipinski definition) is 4. The van der Waals surface area contributed by atoms with Gasteiger partial charge < -0.3 is 5.11 Å². The largest absolute Gasteiger partial charge is 0.531 e. The fourth-order valence-corrected chi connectivity index (χ4v) is 3.06. The zero-order chi connectivity index (χ0) is 13.8. The summed E-state index contributed by atoms with van der Waals surface area (Å²) >= 11 is 0. The van der Waals surface area contributed by atoms with Gasteiger partial charge in [0, 0.05) is 6.42 Å². The predicted molar refractivity (Wildman–Crippen MR) is 64.9 cm³/mol. The molecular formula is C13H19NO5. The molecule has 0 aromatic rings. The molecule has 1 atom stereocenters. The SMILES string of the molecule is O=C(O)ON1C(=O)CC(C2CCCCCCC2)C1=O. The van der Waals surface area contributed by atoms with Gasteiger partial charge in [-0.2, -0.15) is 0 Å². The Hall–Kier alpha value is -1.59. The second-order valence-corrected chi connectivity index (χ2v) is 5.30. The van der Waals surface area contributed by atoms with Crippen LogP contribution in [0.5, 0.6) is 0 Å². The molecule has 2 fully saturated rings. The Morgan fingerprint density at radius 2 is 1.68 bits per heavy atom. The average molecular weight is 269 g/mol. The van der Waals surface area contributed by atoms with Crippen molar-refractivity contribution in [2.24, 2.45) is 11.8 Å². The Labute approximate surface area is 111 Å². The number of carbonyl (C=O) groups is 3. The molecule has 19 heavy (non-hydrogen) atoms. The van der Waals surface area contributed by atoms with Crippen LogP contribution in [0.2, 0.25) is 0 Å². The molecule has 1 aliphatic heterocycles. The number of hydrogen-bond donors (Lipinski definition) is 1. The van der Waals surface area contributed by atoms with Gasteiger partial charge in [0.05, 0.1) is 5.92 Å². The molecule has 0 aromatic carbocycles. The first-order valence-electron chi connectivity index (χ1n) is 6.87. The summed E-state index contributed by atoms with van der Waals surface area (Å²) in [5.74, 6) is -1.25. The molecule has 6 nitrogen and oxygen atoms in total. The standard InChI is InChI=1S/C13H19NO5/c15-11-8-10(12(16)14(11)19-13(17)18)9-6-4-2-1-3-5-7-9/h9-10H,1-8H2,(H,17,18). The molecule has 1 aliphatic carbocycles. The van der Waals surface area contributed by atoms with Gasteiger partial charge in [0.2, 0.25) is 0 Å². The van der Waals surface area contributed by atoms with Crippen LogP contribution in [0.1, 0.15) is 51.4 Å². The molecule has 0 bridgehead atoms.